The Hall–Kier alpha value is -0.0151. The van der Waals surface area contributed by atoms with Gasteiger partial charge in [0.15, 0.2) is 0 Å². The summed E-state index contributed by atoms with van der Waals surface area (Å²) in [5, 5.41) is 0. The fourth-order valence-electron chi connectivity index (χ4n) is 1.92. The first-order chi connectivity index (χ1) is 6.60. The fourth-order valence-corrected chi connectivity index (χ4v) is 1.92. The highest BCUT2D eigenvalue weighted by Gasteiger charge is 2.40. The Morgan fingerprint density at radius 2 is 1.20 bits per heavy atom. The highest BCUT2D eigenvalue weighted by molar-refractivity contribution is 6.42. The van der Waals surface area contributed by atoms with E-state index in [-0.39, 0.29) is 17.9 Å². The fraction of sp³-hybridized carbons (Fsp3) is 1.00. The summed E-state index contributed by atoms with van der Waals surface area (Å²) in [5.41, 5.74) is 0.392. The molecule has 0 spiro atoms. The second-order valence-electron chi connectivity index (χ2n) is 6.78. The molecular formula is C12H25BO2. The molecule has 2 unspecified atom stereocenters. The molecule has 15 heavy (non-hydrogen) atoms. The minimum atomic E-state index is -0.0767. The van der Waals surface area contributed by atoms with Crippen LogP contribution in [-0.4, -0.2) is 19.3 Å². The Morgan fingerprint density at radius 3 is 1.47 bits per heavy atom. The van der Waals surface area contributed by atoms with Crippen molar-refractivity contribution in [1.82, 2.24) is 0 Å². The van der Waals surface area contributed by atoms with E-state index < -0.39 is 0 Å². The average Bonchev–Trinajstić information content (AvgIpc) is 1.99. The minimum Gasteiger partial charge on any atom is -0.408 e. The Balaban J connectivity index is 2.73. The normalized spacial score (nSPS) is 29.4. The summed E-state index contributed by atoms with van der Waals surface area (Å²) in [6, 6.07) is 0. The van der Waals surface area contributed by atoms with Gasteiger partial charge in [0.1, 0.15) is 0 Å². The largest absolute Gasteiger partial charge is 0.453 e. The van der Waals surface area contributed by atoms with Gasteiger partial charge in [0.25, 0.3) is 0 Å². The zero-order valence-corrected chi connectivity index (χ0v) is 11.3. The summed E-state index contributed by atoms with van der Waals surface area (Å²) in [6.07, 6.45) is 1.59. The molecule has 0 radical (unpaired) electrons. The third-order valence-electron chi connectivity index (χ3n) is 3.07. The van der Waals surface area contributed by atoms with Crippen LogP contribution >= 0.6 is 0 Å². The number of hydrogen-bond acceptors (Lipinski definition) is 2. The first kappa shape index (κ1) is 13.1. The van der Waals surface area contributed by atoms with Gasteiger partial charge in [-0.3, -0.25) is 0 Å². The third kappa shape index (κ3) is 3.49. The van der Waals surface area contributed by atoms with Crippen molar-refractivity contribution in [1.29, 1.82) is 0 Å². The van der Waals surface area contributed by atoms with Crippen molar-refractivity contribution >= 4 is 7.12 Å². The molecule has 0 saturated carbocycles. The lowest BCUT2D eigenvalue weighted by atomic mass is 9.75. The van der Waals surface area contributed by atoms with Crippen molar-refractivity contribution in [2.45, 2.75) is 67.0 Å². The zero-order valence-electron chi connectivity index (χ0n) is 11.3. The third-order valence-corrected chi connectivity index (χ3v) is 3.07. The van der Waals surface area contributed by atoms with Gasteiger partial charge in [-0.2, -0.15) is 0 Å². The number of rotatable bonds is 0. The molecule has 1 fully saturated rings. The molecule has 0 aliphatic carbocycles. The van der Waals surface area contributed by atoms with E-state index >= 15 is 0 Å². The van der Waals surface area contributed by atoms with Crippen molar-refractivity contribution in [3.05, 3.63) is 0 Å². The van der Waals surface area contributed by atoms with E-state index in [0.717, 1.165) is 6.42 Å². The zero-order chi connectivity index (χ0) is 11.9. The van der Waals surface area contributed by atoms with Crippen LogP contribution in [-0.2, 0) is 9.31 Å². The SMILES string of the molecule is CB1OC(C(C)(C)C)CC(C(C)(C)C)O1. The Kier molecular flexibility index (Phi) is 3.57. The molecule has 3 heteroatoms. The Bertz CT molecular complexity index is 193. The van der Waals surface area contributed by atoms with Gasteiger partial charge in [-0.1, -0.05) is 41.5 Å². The van der Waals surface area contributed by atoms with Crippen LogP contribution in [0, 0.1) is 10.8 Å². The second-order valence-corrected chi connectivity index (χ2v) is 6.78. The average molecular weight is 212 g/mol. The molecule has 0 aromatic rings. The van der Waals surface area contributed by atoms with Gasteiger partial charge in [0, 0.05) is 12.2 Å². The van der Waals surface area contributed by atoms with Gasteiger partial charge >= 0.3 is 7.12 Å². The Labute approximate surface area is 94.9 Å². The molecule has 88 valence electrons. The van der Waals surface area contributed by atoms with E-state index in [1.54, 1.807) is 0 Å². The lowest BCUT2D eigenvalue weighted by molar-refractivity contribution is -0.0667. The van der Waals surface area contributed by atoms with Crippen molar-refractivity contribution in [2.75, 3.05) is 0 Å². The summed E-state index contributed by atoms with van der Waals surface area (Å²) in [4.78, 5) is 0. The van der Waals surface area contributed by atoms with Crippen LogP contribution in [0.25, 0.3) is 0 Å². The molecule has 1 saturated heterocycles. The molecule has 1 aliphatic rings. The maximum absolute atomic E-state index is 5.85. The Morgan fingerprint density at radius 1 is 0.867 bits per heavy atom. The highest BCUT2D eigenvalue weighted by atomic mass is 16.6. The second kappa shape index (κ2) is 4.10. The minimum absolute atomic E-state index is 0.0767. The molecule has 1 rings (SSSR count). The topological polar surface area (TPSA) is 18.5 Å². The quantitative estimate of drug-likeness (QED) is 0.573. The van der Waals surface area contributed by atoms with Crippen LogP contribution in [0.5, 0.6) is 0 Å². The maximum Gasteiger partial charge on any atom is 0.453 e. The van der Waals surface area contributed by atoms with Crippen LogP contribution in [0.1, 0.15) is 48.0 Å². The van der Waals surface area contributed by atoms with Crippen LogP contribution in [0.2, 0.25) is 6.82 Å². The van der Waals surface area contributed by atoms with Crippen molar-refractivity contribution in [3.63, 3.8) is 0 Å². The molecular weight excluding hydrogens is 187 g/mol. The molecule has 2 nitrogen and oxygen atoms in total. The van der Waals surface area contributed by atoms with Gasteiger partial charge in [0.2, 0.25) is 0 Å². The van der Waals surface area contributed by atoms with Crippen molar-refractivity contribution in [3.8, 4) is 0 Å². The lowest BCUT2D eigenvalue weighted by Gasteiger charge is -2.44. The molecule has 0 aromatic heterocycles. The predicted octanol–water partition coefficient (Wildman–Crippen LogP) is 3.37. The molecule has 0 amide bonds. The van der Waals surface area contributed by atoms with E-state index in [2.05, 4.69) is 41.5 Å². The summed E-state index contributed by atoms with van der Waals surface area (Å²) >= 11 is 0. The summed E-state index contributed by atoms with van der Waals surface area (Å²) in [6.45, 7) is 15.4. The van der Waals surface area contributed by atoms with Gasteiger partial charge in [-0.05, 0) is 24.1 Å². The van der Waals surface area contributed by atoms with Crippen molar-refractivity contribution in [2.24, 2.45) is 10.8 Å². The highest BCUT2D eigenvalue weighted by Crippen LogP contribution is 2.36. The van der Waals surface area contributed by atoms with Crippen LogP contribution in [0.15, 0.2) is 0 Å². The van der Waals surface area contributed by atoms with E-state index in [1.165, 1.54) is 0 Å². The van der Waals surface area contributed by atoms with E-state index in [4.69, 9.17) is 9.31 Å². The molecule has 2 atom stereocenters. The first-order valence-electron chi connectivity index (χ1n) is 5.91. The monoisotopic (exact) mass is 212 g/mol. The lowest BCUT2D eigenvalue weighted by Crippen LogP contribution is -2.49. The summed E-state index contributed by atoms with van der Waals surface area (Å²) in [5.74, 6) is 0. The van der Waals surface area contributed by atoms with Crippen LogP contribution < -0.4 is 0 Å². The maximum atomic E-state index is 5.85. The van der Waals surface area contributed by atoms with E-state index in [0.29, 0.717) is 12.2 Å². The van der Waals surface area contributed by atoms with Crippen LogP contribution in [0.4, 0.5) is 0 Å². The molecule has 1 aliphatic heterocycles. The molecule has 0 N–H and O–H groups in total. The smallest absolute Gasteiger partial charge is 0.408 e. The van der Waals surface area contributed by atoms with Gasteiger partial charge in [-0.25, -0.2) is 0 Å². The predicted molar refractivity (Wildman–Crippen MR) is 64.9 cm³/mol. The van der Waals surface area contributed by atoms with E-state index in [1.807, 2.05) is 6.82 Å². The standard InChI is InChI=1S/C12H25BO2/c1-11(2,3)9-8-10(12(4,5)6)15-13(7)14-9/h9-10H,8H2,1-7H3. The number of hydrogen-bond donors (Lipinski definition) is 0. The van der Waals surface area contributed by atoms with Gasteiger partial charge in [-0.15, -0.1) is 0 Å². The van der Waals surface area contributed by atoms with Crippen molar-refractivity contribution < 1.29 is 9.31 Å². The summed E-state index contributed by atoms with van der Waals surface area (Å²) < 4.78 is 11.7. The molecule has 0 aromatic carbocycles. The molecule has 0 bridgehead atoms. The molecule has 1 heterocycles. The van der Waals surface area contributed by atoms with Gasteiger partial charge in [0.05, 0.1) is 0 Å². The van der Waals surface area contributed by atoms with Gasteiger partial charge < -0.3 is 9.31 Å². The van der Waals surface area contributed by atoms with E-state index in [9.17, 15) is 0 Å². The van der Waals surface area contributed by atoms with Crippen LogP contribution in [0.3, 0.4) is 0 Å². The first-order valence-corrected chi connectivity index (χ1v) is 5.91. The summed E-state index contributed by atoms with van der Waals surface area (Å²) in [7, 11) is -0.0767.